The molecule has 0 atom stereocenters. The van der Waals surface area contributed by atoms with Crippen molar-refractivity contribution in [3.8, 4) is 0 Å². The summed E-state index contributed by atoms with van der Waals surface area (Å²) in [6.07, 6.45) is -9.76. The Morgan fingerprint density at radius 2 is 0.818 bits per heavy atom. The van der Waals surface area contributed by atoms with Gasteiger partial charge in [0.15, 0.2) is 0 Å². The van der Waals surface area contributed by atoms with Gasteiger partial charge in [-0.1, -0.05) is 0 Å². The zero-order chi connectivity index (χ0) is 18.4. The first-order valence-corrected chi connectivity index (χ1v) is 5.36. The van der Waals surface area contributed by atoms with Gasteiger partial charge < -0.3 is 0 Å². The molecule has 0 spiro atoms. The molecule has 0 aromatic rings. The fourth-order valence-electron chi connectivity index (χ4n) is 1.08. The van der Waals surface area contributed by atoms with Crippen molar-refractivity contribution in [3.05, 3.63) is 0 Å². The predicted octanol–water partition coefficient (Wildman–Crippen LogP) is 5.35. The number of rotatable bonds is 6. The Kier molecular flexibility index (Phi) is 5.32. The van der Waals surface area contributed by atoms with Crippen LogP contribution >= 0.6 is 11.6 Å². The quantitative estimate of drug-likeness (QED) is 0.429. The summed E-state index contributed by atoms with van der Waals surface area (Å²) in [4.78, 5) is 0. The van der Waals surface area contributed by atoms with E-state index in [2.05, 4.69) is 11.6 Å². The summed E-state index contributed by atoms with van der Waals surface area (Å²) < 4.78 is 162. The second kappa shape index (κ2) is 5.48. The van der Waals surface area contributed by atoms with Gasteiger partial charge in [0.05, 0.1) is 0 Å². The summed E-state index contributed by atoms with van der Waals surface area (Å²) in [6, 6.07) is 0. The van der Waals surface area contributed by atoms with Crippen LogP contribution in [0.2, 0.25) is 0 Å². The first-order valence-electron chi connectivity index (χ1n) is 4.83. The molecule has 0 N–H and O–H groups in total. The predicted molar refractivity (Wildman–Crippen MR) is 46.1 cm³/mol. The Hall–Kier alpha value is -0.620. The molecule has 0 aliphatic heterocycles. The zero-order valence-corrected chi connectivity index (χ0v) is 10.5. The number of alkyl halides is 14. The zero-order valence-electron chi connectivity index (χ0n) is 9.71. The highest BCUT2D eigenvalue weighted by Crippen LogP contribution is 2.60. The summed E-state index contributed by atoms with van der Waals surface area (Å²) >= 11 is 4.55. The van der Waals surface area contributed by atoms with Crippen LogP contribution in [0.1, 0.15) is 6.42 Å². The third kappa shape index (κ3) is 2.80. The molecule has 0 amide bonds. The molecule has 0 rings (SSSR count). The second-order valence-corrected chi connectivity index (χ2v) is 4.32. The van der Waals surface area contributed by atoms with Crippen molar-refractivity contribution >= 4 is 11.6 Å². The van der Waals surface area contributed by atoms with Gasteiger partial charge in [0.25, 0.3) is 0 Å². The van der Waals surface area contributed by atoms with E-state index in [1.165, 1.54) is 0 Å². The summed E-state index contributed by atoms with van der Waals surface area (Å²) in [5.41, 5.74) is 0. The maximum absolute atomic E-state index is 12.8. The van der Waals surface area contributed by atoms with Crippen LogP contribution in [0, 0.1) is 0 Å². The van der Waals surface area contributed by atoms with Crippen molar-refractivity contribution in [2.24, 2.45) is 0 Å². The van der Waals surface area contributed by atoms with Crippen molar-refractivity contribution < 1.29 is 57.1 Å². The molecule has 0 aliphatic carbocycles. The maximum atomic E-state index is 12.8. The molecule has 0 saturated carbocycles. The topological polar surface area (TPSA) is 0 Å². The van der Waals surface area contributed by atoms with Crippen LogP contribution in [-0.4, -0.2) is 41.7 Å². The van der Waals surface area contributed by atoms with Crippen LogP contribution < -0.4 is 0 Å². The first-order chi connectivity index (χ1) is 9.31. The van der Waals surface area contributed by atoms with Gasteiger partial charge in [-0.25, -0.2) is 0 Å². The highest BCUT2D eigenvalue weighted by molar-refractivity contribution is 6.17. The Bertz CT molecular complexity index is 395. The van der Waals surface area contributed by atoms with Crippen LogP contribution in [0.25, 0.3) is 0 Å². The first kappa shape index (κ1) is 21.4. The minimum atomic E-state index is -7.85. The Balaban J connectivity index is 6.11. The Morgan fingerprint density at radius 3 is 1.09 bits per heavy atom. The van der Waals surface area contributed by atoms with Crippen molar-refractivity contribution in [2.45, 2.75) is 42.2 Å². The van der Waals surface area contributed by atoms with E-state index in [4.69, 9.17) is 0 Å². The molecule has 22 heavy (non-hydrogen) atoms. The van der Waals surface area contributed by atoms with Crippen molar-refractivity contribution in [1.82, 2.24) is 0 Å². The van der Waals surface area contributed by atoms with Crippen molar-refractivity contribution in [2.75, 3.05) is 5.88 Å². The molecule has 0 saturated heterocycles. The number of hydrogen-bond acceptors (Lipinski definition) is 0. The molecule has 0 aromatic heterocycles. The molecular weight excluding hydrogens is 379 g/mol. The third-order valence-electron chi connectivity index (χ3n) is 2.41. The fourth-order valence-corrected chi connectivity index (χ4v) is 1.32. The largest absolute Gasteiger partial charge is 0.460 e. The average molecular weight is 383 g/mol. The molecule has 0 aliphatic rings. The summed E-state index contributed by atoms with van der Waals surface area (Å²) in [5, 5.41) is 0. The molecule has 0 radical (unpaired) electrons. The minimum absolute atomic E-state index is 1.49. The monoisotopic (exact) mass is 382 g/mol. The standard InChI is InChI=1S/C8H4ClF13/c9-2-1-3(10,11)4(12,13)5(14,15)6(16,17)7(18,19)8(20,21)22/h1-2H2. The van der Waals surface area contributed by atoms with Crippen LogP contribution in [0.15, 0.2) is 0 Å². The van der Waals surface area contributed by atoms with Gasteiger partial charge in [0.2, 0.25) is 0 Å². The smallest absolute Gasteiger partial charge is 0.200 e. The van der Waals surface area contributed by atoms with E-state index < -0.39 is 48.1 Å². The van der Waals surface area contributed by atoms with Crippen LogP contribution in [0.3, 0.4) is 0 Å². The molecule has 0 unspecified atom stereocenters. The summed E-state index contributed by atoms with van der Waals surface area (Å²) in [5.74, 6) is -38.0. The van der Waals surface area contributed by atoms with Gasteiger partial charge in [-0.2, -0.15) is 57.1 Å². The van der Waals surface area contributed by atoms with E-state index in [9.17, 15) is 57.1 Å². The summed E-state index contributed by atoms with van der Waals surface area (Å²) in [7, 11) is 0. The van der Waals surface area contributed by atoms with Crippen LogP contribution in [0.4, 0.5) is 57.1 Å². The molecule has 14 heteroatoms. The number of halogens is 14. The van der Waals surface area contributed by atoms with Gasteiger partial charge in [0.1, 0.15) is 0 Å². The maximum Gasteiger partial charge on any atom is 0.460 e. The second-order valence-electron chi connectivity index (χ2n) is 3.94. The van der Waals surface area contributed by atoms with Gasteiger partial charge in [0, 0.05) is 12.3 Å². The molecule has 134 valence electrons. The van der Waals surface area contributed by atoms with E-state index in [0.29, 0.717) is 0 Å². The molecular formula is C8H4ClF13. The third-order valence-corrected chi connectivity index (χ3v) is 2.60. The van der Waals surface area contributed by atoms with Crippen LogP contribution in [0.5, 0.6) is 0 Å². The highest BCUT2D eigenvalue weighted by Gasteiger charge is 2.90. The summed E-state index contributed by atoms with van der Waals surface area (Å²) in [6.45, 7) is 0. The lowest BCUT2D eigenvalue weighted by molar-refractivity contribution is -0.439. The SMILES string of the molecule is FC(F)(F)C(F)(F)C(F)(F)C(F)(F)C(F)(F)C(F)(F)CCCl. The van der Waals surface area contributed by atoms with Crippen LogP contribution in [-0.2, 0) is 0 Å². The van der Waals surface area contributed by atoms with E-state index in [1.807, 2.05) is 0 Å². The van der Waals surface area contributed by atoms with Crippen molar-refractivity contribution in [1.29, 1.82) is 0 Å². The van der Waals surface area contributed by atoms with Gasteiger partial charge >= 0.3 is 35.8 Å². The minimum Gasteiger partial charge on any atom is -0.200 e. The lowest BCUT2D eigenvalue weighted by atomic mass is 9.93. The lowest BCUT2D eigenvalue weighted by Crippen LogP contribution is -2.70. The molecule has 0 heterocycles. The number of hydrogen-bond donors (Lipinski definition) is 0. The molecule has 0 fully saturated rings. The molecule has 0 aromatic carbocycles. The lowest BCUT2D eigenvalue weighted by Gasteiger charge is -2.39. The molecule has 0 nitrogen and oxygen atoms in total. The van der Waals surface area contributed by atoms with E-state index in [1.54, 1.807) is 0 Å². The van der Waals surface area contributed by atoms with E-state index in [-0.39, 0.29) is 0 Å². The van der Waals surface area contributed by atoms with Gasteiger partial charge in [-0.3, -0.25) is 0 Å². The normalized spacial score (nSPS) is 16.1. The Morgan fingerprint density at radius 1 is 0.500 bits per heavy atom. The molecule has 0 bridgehead atoms. The van der Waals surface area contributed by atoms with Gasteiger partial charge in [-0.05, 0) is 0 Å². The average Bonchev–Trinajstić information content (AvgIpc) is 2.26. The van der Waals surface area contributed by atoms with E-state index >= 15 is 0 Å². The van der Waals surface area contributed by atoms with Crippen molar-refractivity contribution in [3.63, 3.8) is 0 Å². The fraction of sp³-hybridized carbons (Fsp3) is 1.00. The Labute approximate surface area is 118 Å². The van der Waals surface area contributed by atoms with E-state index in [0.717, 1.165) is 0 Å². The highest BCUT2D eigenvalue weighted by atomic mass is 35.5. The van der Waals surface area contributed by atoms with Gasteiger partial charge in [-0.15, -0.1) is 11.6 Å².